The molecular formula is C22H32N2S2. The van der Waals surface area contributed by atoms with E-state index in [-0.39, 0.29) is 0 Å². The van der Waals surface area contributed by atoms with Gasteiger partial charge in [-0.1, -0.05) is 66.6 Å². The predicted molar refractivity (Wildman–Crippen MR) is 118 cm³/mol. The van der Waals surface area contributed by atoms with E-state index in [9.17, 15) is 0 Å². The molecule has 0 radical (unpaired) electrons. The smallest absolute Gasteiger partial charge is 0.0233 e. The second-order valence-electron chi connectivity index (χ2n) is 6.50. The van der Waals surface area contributed by atoms with Crippen LogP contribution in [-0.2, 0) is 13.1 Å². The molecule has 0 aliphatic rings. The quantitative estimate of drug-likeness (QED) is 0.343. The molecule has 0 aromatic heterocycles. The molecule has 2 aromatic rings. The van der Waals surface area contributed by atoms with Crippen molar-refractivity contribution in [2.24, 2.45) is 0 Å². The van der Waals surface area contributed by atoms with Crippen LogP contribution in [-0.4, -0.2) is 24.5 Å². The fourth-order valence-electron chi connectivity index (χ4n) is 2.74. The Balaban J connectivity index is 1.80. The highest BCUT2D eigenvalue weighted by atomic mass is 33.1. The number of rotatable bonds is 12. The Kier molecular flexibility index (Phi) is 10.2. The molecule has 0 saturated carbocycles. The summed E-state index contributed by atoms with van der Waals surface area (Å²) in [4.78, 5) is 5.11. The molecule has 0 heterocycles. The van der Waals surface area contributed by atoms with E-state index in [1.165, 1.54) is 40.3 Å². The zero-order valence-corrected chi connectivity index (χ0v) is 18.0. The van der Waals surface area contributed by atoms with Crippen LogP contribution in [0.1, 0.15) is 44.7 Å². The maximum absolute atomic E-state index is 3.44. The van der Waals surface area contributed by atoms with Crippen LogP contribution in [0.3, 0.4) is 0 Å². The van der Waals surface area contributed by atoms with E-state index in [0.717, 1.165) is 26.2 Å². The van der Waals surface area contributed by atoms with Crippen LogP contribution in [0.4, 0.5) is 0 Å². The Morgan fingerprint density at radius 3 is 1.85 bits per heavy atom. The van der Waals surface area contributed by atoms with Crippen molar-refractivity contribution in [3.8, 4) is 0 Å². The molecule has 0 fully saturated rings. The fraction of sp³-hybridized carbons (Fsp3) is 0.455. The number of nitrogens with one attached hydrogen (secondary N) is 1. The lowest BCUT2D eigenvalue weighted by molar-refractivity contribution is 0.280. The first-order chi connectivity index (χ1) is 12.7. The van der Waals surface area contributed by atoms with Gasteiger partial charge in [-0.2, -0.15) is 0 Å². The van der Waals surface area contributed by atoms with Gasteiger partial charge in [0.2, 0.25) is 0 Å². The van der Waals surface area contributed by atoms with Gasteiger partial charge in [0.1, 0.15) is 0 Å². The van der Waals surface area contributed by atoms with Crippen LogP contribution >= 0.6 is 21.6 Å². The van der Waals surface area contributed by atoms with Crippen LogP contribution in [0.15, 0.2) is 58.3 Å². The number of benzene rings is 2. The molecule has 1 N–H and O–H groups in total. The van der Waals surface area contributed by atoms with Crippen molar-refractivity contribution in [1.29, 1.82) is 0 Å². The Bertz CT molecular complexity index is 611. The Morgan fingerprint density at radius 2 is 1.35 bits per heavy atom. The predicted octanol–water partition coefficient (Wildman–Crippen LogP) is 6.22. The average Bonchev–Trinajstić information content (AvgIpc) is 2.68. The van der Waals surface area contributed by atoms with Crippen molar-refractivity contribution in [2.75, 3.05) is 19.6 Å². The molecule has 0 bridgehead atoms. The molecule has 0 aliphatic heterocycles. The molecule has 0 aliphatic carbocycles. The van der Waals surface area contributed by atoms with Gasteiger partial charge in [-0.25, -0.2) is 0 Å². The van der Waals surface area contributed by atoms with Gasteiger partial charge in [0.05, 0.1) is 0 Å². The first-order valence-electron chi connectivity index (χ1n) is 9.70. The van der Waals surface area contributed by atoms with Crippen LogP contribution in [0.2, 0.25) is 0 Å². The summed E-state index contributed by atoms with van der Waals surface area (Å²) in [5, 5.41) is 3.44. The first-order valence-corrected chi connectivity index (χ1v) is 11.9. The monoisotopic (exact) mass is 388 g/mol. The van der Waals surface area contributed by atoms with Crippen LogP contribution in [0.25, 0.3) is 0 Å². The van der Waals surface area contributed by atoms with Crippen molar-refractivity contribution >= 4 is 21.6 Å². The molecular weight excluding hydrogens is 356 g/mol. The van der Waals surface area contributed by atoms with E-state index in [2.05, 4.69) is 79.5 Å². The maximum atomic E-state index is 3.44. The van der Waals surface area contributed by atoms with Gasteiger partial charge in [-0.05, 0) is 67.9 Å². The number of nitrogens with zero attached hydrogens (tertiary/aromatic N) is 1. The zero-order chi connectivity index (χ0) is 18.6. The second kappa shape index (κ2) is 12.4. The lowest BCUT2D eigenvalue weighted by Crippen LogP contribution is -2.23. The molecule has 0 unspecified atom stereocenters. The molecule has 2 aromatic carbocycles. The summed E-state index contributed by atoms with van der Waals surface area (Å²) >= 11 is 0. The molecule has 142 valence electrons. The van der Waals surface area contributed by atoms with E-state index in [1.54, 1.807) is 0 Å². The summed E-state index contributed by atoms with van der Waals surface area (Å²) in [5.74, 6) is 0. The van der Waals surface area contributed by atoms with E-state index in [4.69, 9.17) is 0 Å². The summed E-state index contributed by atoms with van der Waals surface area (Å²) in [5.41, 5.74) is 2.75. The average molecular weight is 389 g/mol. The molecule has 26 heavy (non-hydrogen) atoms. The highest BCUT2D eigenvalue weighted by Gasteiger charge is 2.03. The molecule has 2 rings (SSSR count). The van der Waals surface area contributed by atoms with Gasteiger partial charge in [0, 0.05) is 22.9 Å². The standard InChI is InChI=1S/C22H32N2S2/c1-4-15-23-17-19-7-11-21(12-8-19)25-26-22-13-9-20(10-14-22)18-24(6-3)16-5-2/h7-14,23H,4-6,15-18H2,1-3H3. The molecule has 4 heteroatoms. The van der Waals surface area contributed by atoms with Gasteiger partial charge < -0.3 is 5.32 Å². The normalized spacial score (nSPS) is 11.2. The molecule has 0 saturated heterocycles. The number of hydrogen-bond donors (Lipinski definition) is 1. The van der Waals surface area contributed by atoms with E-state index < -0.39 is 0 Å². The topological polar surface area (TPSA) is 15.3 Å². The van der Waals surface area contributed by atoms with Crippen LogP contribution in [0.5, 0.6) is 0 Å². The third-order valence-corrected chi connectivity index (χ3v) is 6.65. The molecule has 0 amide bonds. The lowest BCUT2D eigenvalue weighted by atomic mass is 10.2. The third-order valence-electron chi connectivity index (χ3n) is 4.23. The molecule has 2 nitrogen and oxygen atoms in total. The SMILES string of the molecule is CCCNCc1ccc(SSc2ccc(CN(CC)CCC)cc2)cc1. The van der Waals surface area contributed by atoms with E-state index in [1.807, 2.05) is 21.6 Å². The number of hydrogen-bond acceptors (Lipinski definition) is 4. The van der Waals surface area contributed by atoms with Crippen LogP contribution in [0, 0.1) is 0 Å². The summed E-state index contributed by atoms with van der Waals surface area (Å²) in [6, 6.07) is 17.9. The van der Waals surface area contributed by atoms with Crippen LogP contribution < -0.4 is 5.32 Å². The maximum Gasteiger partial charge on any atom is 0.0233 e. The Hall–Kier alpha value is -0.940. The van der Waals surface area contributed by atoms with E-state index >= 15 is 0 Å². The third kappa shape index (κ3) is 7.75. The van der Waals surface area contributed by atoms with Crippen molar-refractivity contribution < 1.29 is 0 Å². The van der Waals surface area contributed by atoms with Gasteiger partial charge in [0.15, 0.2) is 0 Å². The minimum absolute atomic E-state index is 0.959. The van der Waals surface area contributed by atoms with Crippen molar-refractivity contribution in [3.63, 3.8) is 0 Å². The summed E-state index contributed by atoms with van der Waals surface area (Å²) in [6.07, 6.45) is 2.39. The van der Waals surface area contributed by atoms with Gasteiger partial charge in [-0.15, -0.1) is 0 Å². The first kappa shape index (κ1) is 21.4. The lowest BCUT2D eigenvalue weighted by Gasteiger charge is -2.19. The highest BCUT2D eigenvalue weighted by molar-refractivity contribution is 8.76. The van der Waals surface area contributed by atoms with Gasteiger partial charge >= 0.3 is 0 Å². The largest absolute Gasteiger partial charge is 0.313 e. The second-order valence-corrected chi connectivity index (χ2v) is 8.78. The molecule has 0 atom stereocenters. The minimum Gasteiger partial charge on any atom is -0.313 e. The van der Waals surface area contributed by atoms with Crippen molar-refractivity contribution in [2.45, 2.75) is 56.5 Å². The minimum atomic E-state index is 0.959. The fourth-order valence-corrected chi connectivity index (χ4v) is 4.67. The van der Waals surface area contributed by atoms with E-state index in [0.29, 0.717) is 0 Å². The van der Waals surface area contributed by atoms with Crippen molar-refractivity contribution in [3.05, 3.63) is 59.7 Å². The summed E-state index contributed by atoms with van der Waals surface area (Å²) in [7, 11) is 3.66. The Labute approximate surface area is 167 Å². The molecule has 0 spiro atoms. The summed E-state index contributed by atoms with van der Waals surface area (Å²) in [6.45, 7) is 12.1. The Morgan fingerprint density at radius 1 is 0.769 bits per heavy atom. The zero-order valence-electron chi connectivity index (χ0n) is 16.3. The van der Waals surface area contributed by atoms with Crippen molar-refractivity contribution in [1.82, 2.24) is 10.2 Å². The van der Waals surface area contributed by atoms with Gasteiger partial charge in [-0.3, -0.25) is 4.90 Å². The highest BCUT2D eigenvalue weighted by Crippen LogP contribution is 2.37. The summed E-state index contributed by atoms with van der Waals surface area (Å²) < 4.78 is 0. The van der Waals surface area contributed by atoms with Gasteiger partial charge in [0.25, 0.3) is 0 Å².